The largest absolute Gasteiger partial charge is 0.355 e. The molecule has 0 aliphatic heterocycles. The fraction of sp³-hybridized carbons (Fsp3) is 0.529. The van der Waals surface area contributed by atoms with Crippen molar-refractivity contribution in [1.82, 2.24) is 10.2 Å². The van der Waals surface area contributed by atoms with E-state index in [1.807, 2.05) is 18.7 Å². The number of halogens is 2. The van der Waals surface area contributed by atoms with Gasteiger partial charge in [0, 0.05) is 24.5 Å². The number of carbonyl (C=O) groups is 2. The van der Waals surface area contributed by atoms with Crippen molar-refractivity contribution in [3.05, 3.63) is 29.0 Å². The van der Waals surface area contributed by atoms with E-state index < -0.39 is 5.82 Å². The number of rotatable bonds is 10. The van der Waals surface area contributed by atoms with Gasteiger partial charge in [0.15, 0.2) is 0 Å². The minimum atomic E-state index is -0.569. The van der Waals surface area contributed by atoms with Gasteiger partial charge in [0.05, 0.1) is 12.2 Å². The molecule has 0 aromatic heterocycles. The SMILES string of the molecule is CCCNC(=O)CN(CCC)CCC(=O)Nc1ccc(Cl)cc1F. The van der Waals surface area contributed by atoms with E-state index in [2.05, 4.69) is 10.6 Å². The number of anilines is 1. The molecule has 2 amide bonds. The van der Waals surface area contributed by atoms with Gasteiger partial charge < -0.3 is 10.6 Å². The van der Waals surface area contributed by atoms with Crippen LogP contribution in [-0.2, 0) is 9.59 Å². The Morgan fingerprint density at radius 2 is 1.92 bits per heavy atom. The van der Waals surface area contributed by atoms with Gasteiger partial charge in [-0.15, -0.1) is 0 Å². The fourth-order valence-electron chi connectivity index (χ4n) is 2.17. The highest BCUT2D eigenvalue weighted by Crippen LogP contribution is 2.18. The number of nitrogens with one attached hydrogen (secondary N) is 2. The molecule has 134 valence electrons. The lowest BCUT2D eigenvalue weighted by Gasteiger charge is -2.20. The molecule has 7 heteroatoms. The van der Waals surface area contributed by atoms with Gasteiger partial charge in [-0.2, -0.15) is 0 Å². The first-order valence-corrected chi connectivity index (χ1v) is 8.58. The van der Waals surface area contributed by atoms with E-state index in [1.165, 1.54) is 12.1 Å². The summed E-state index contributed by atoms with van der Waals surface area (Å²) in [6.45, 7) is 6.08. The molecule has 0 heterocycles. The van der Waals surface area contributed by atoms with E-state index in [1.54, 1.807) is 0 Å². The lowest BCUT2D eigenvalue weighted by Crippen LogP contribution is -2.39. The van der Waals surface area contributed by atoms with Crippen molar-refractivity contribution in [3.8, 4) is 0 Å². The predicted octanol–water partition coefficient (Wildman–Crippen LogP) is 3.05. The van der Waals surface area contributed by atoms with Crippen LogP contribution in [0.3, 0.4) is 0 Å². The van der Waals surface area contributed by atoms with Crippen molar-refractivity contribution in [2.45, 2.75) is 33.1 Å². The number of amides is 2. The van der Waals surface area contributed by atoms with E-state index in [9.17, 15) is 14.0 Å². The summed E-state index contributed by atoms with van der Waals surface area (Å²) in [5.41, 5.74) is 0.104. The molecule has 0 bridgehead atoms. The van der Waals surface area contributed by atoms with Crippen molar-refractivity contribution in [3.63, 3.8) is 0 Å². The Labute approximate surface area is 147 Å². The van der Waals surface area contributed by atoms with Crippen LogP contribution in [0.4, 0.5) is 10.1 Å². The molecule has 1 aromatic rings. The molecule has 0 atom stereocenters. The summed E-state index contributed by atoms with van der Waals surface area (Å²) in [7, 11) is 0. The Balaban J connectivity index is 2.47. The standard InChI is InChI=1S/C17H25ClFN3O2/c1-3-8-20-17(24)12-22(9-4-2)10-7-16(23)21-15-6-5-13(18)11-14(15)19/h5-6,11H,3-4,7-10,12H2,1-2H3,(H,20,24)(H,21,23). The van der Waals surface area contributed by atoms with Crippen LogP contribution >= 0.6 is 11.6 Å². The first-order chi connectivity index (χ1) is 11.5. The Hall–Kier alpha value is -1.66. The molecule has 0 aliphatic rings. The number of carbonyl (C=O) groups excluding carboxylic acids is 2. The second-order valence-corrected chi connectivity index (χ2v) is 5.98. The second kappa shape index (κ2) is 11.0. The van der Waals surface area contributed by atoms with E-state index in [0.717, 1.165) is 25.5 Å². The van der Waals surface area contributed by atoms with E-state index in [0.29, 0.717) is 13.1 Å². The topological polar surface area (TPSA) is 61.4 Å². The molecule has 1 rings (SSSR count). The smallest absolute Gasteiger partial charge is 0.234 e. The van der Waals surface area contributed by atoms with Crippen LogP contribution in [0, 0.1) is 5.82 Å². The molecule has 5 nitrogen and oxygen atoms in total. The summed E-state index contributed by atoms with van der Waals surface area (Å²) in [4.78, 5) is 25.7. The third-order valence-electron chi connectivity index (χ3n) is 3.34. The van der Waals surface area contributed by atoms with Gasteiger partial charge in [-0.3, -0.25) is 14.5 Å². The van der Waals surface area contributed by atoms with Gasteiger partial charge in [0.25, 0.3) is 0 Å². The zero-order valence-corrected chi connectivity index (χ0v) is 15.0. The molecule has 24 heavy (non-hydrogen) atoms. The van der Waals surface area contributed by atoms with Crippen molar-refractivity contribution < 1.29 is 14.0 Å². The molecule has 0 spiro atoms. The average Bonchev–Trinajstić information content (AvgIpc) is 2.53. The average molecular weight is 358 g/mol. The van der Waals surface area contributed by atoms with Crippen LogP contribution < -0.4 is 10.6 Å². The lowest BCUT2D eigenvalue weighted by molar-refractivity contribution is -0.123. The number of hydrogen-bond donors (Lipinski definition) is 2. The maximum Gasteiger partial charge on any atom is 0.234 e. The van der Waals surface area contributed by atoms with Crippen LogP contribution in [0.2, 0.25) is 5.02 Å². The molecule has 0 aliphatic carbocycles. The van der Waals surface area contributed by atoms with Crippen LogP contribution in [0.25, 0.3) is 0 Å². The monoisotopic (exact) mass is 357 g/mol. The van der Waals surface area contributed by atoms with Crippen molar-refractivity contribution in [1.29, 1.82) is 0 Å². The summed E-state index contributed by atoms with van der Waals surface area (Å²) in [6.07, 6.45) is 1.95. The van der Waals surface area contributed by atoms with Crippen LogP contribution in [0.5, 0.6) is 0 Å². The highest BCUT2D eigenvalue weighted by atomic mass is 35.5. The third-order valence-corrected chi connectivity index (χ3v) is 3.57. The highest BCUT2D eigenvalue weighted by molar-refractivity contribution is 6.30. The fourth-order valence-corrected chi connectivity index (χ4v) is 2.33. The molecule has 0 unspecified atom stereocenters. The van der Waals surface area contributed by atoms with E-state index in [4.69, 9.17) is 11.6 Å². The molecule has 1 aromatic carbocycles. The maximum atomic E-state index is 13.7. The summed E-state index contributed by atoms with van der Waals surface area (Å²) in [5.74, 6) is -0.916. The second-order valence-electron chi connectivity index (χ2n) is 5.55. The zero-order valence-electron chi connectivity index (χ0n) is 14.2. The van der Waals surface area contributed by atoms with Gasteiger partial charge in [-0.05, 0) is 37.6 Å². The molecule has 2 N–H and O–H groups in total. The van der Waals surface area contributed by atoms with Crippen molar-refractivity contribution in [2.75, 3.05) is 31.5 Å². The minimum Gasteiger partial charge on any atom is -0.355 e. The molecule has 0 saturated heterocycles. The maximum absolute atomic E-state index is 13.7. The van der Waals surface area contributed by atoms with Crippen molar-refractivity contribution >= 4 is 29.1 Å². The van der Waals surface area contributed by atoms with Gasteiger partial charge in [0.1, 0.15) is 5.82 Å². The number of benzene rings is 1. The molecule has 0 saturated carbocycles. The molecule has 0 radical (unpaired) electrons. The molecule has 0 fully saturated rings. The highest BCUT2D eigenvalue weighted by Gasteiger charge is 2.13. The minimum absolute atomic E-state index is 0.0468. The van der Waals surface area contributed by atoms with Crippen LogP contribution in [0.15, 0.2) is 18.2 Å². The van der Waals surface area contributed by atoms with Crippen LogP contribution in [-0.4, -0.2) is 42.9 Å². The number of hydrogen-bond acceptors (Lipinski definition) is 3. The van der Waals surface area contributed by atoms with Crippen LogP contribution in [0.1, 0.15) is 33.1 Å². The Morgan fingerprint density at radius 1 is 1.17 bits per heavy atom. The Bertz CT molecular complexity index is 555. The Morgan fingerprint density at radius 3 is 2.54 bits per heavy atom. The number of nitrogens with zero attached hydrogens (tertiary/aromatic N) is 1. The lowest BCUT2D eigenvalue weighted by atomic mass is 10.2. The quantitative estimate of drug-likeness (QED) is 0.676. The predicted molar refractivity (Wildman–Crippen MR) is 94.7 cm³/mol. The van der Waals surface area contributed by atoms with Crippen molar-refractivity contribution in [2.24, 2.45) is 0 Å². The summed E-state index contributed by atoms with van der Waals surface area (Å²) >= 11 is 5.68. The molecular formula is C17H25ClFN3O2. The Kier molecular flexibility index (Phi) is 9.34. The summed E-state index contributed by atoms with van der Waals surface area (Å²) in [5, 5.41) is 5.62. The van der Waals surface area contributed by atoms with Gasteiger partial charge >= 0.3 is 0 Å². The zero-order chi connectivity index (χ0) is 17.9. The van der Waals surface area contributed by atoms with Gasteiger partial charge in [-0.25, -0.2) is 4.39 Å². The summed E-state index contributed by atoms with van der Waals surface area (Å²) < 4.78 is 13.7. The first kappa shape index (κ1) is 20.4. The molecular weight excluding hydrogens is 333 g/mol. The first-order valence-electron chi connectivity index (χ1n) is 8.20. The van der Waals surface area contributed by atoms with E-state index >= 15 is 0 Å². The third kappa shape index (κ3) is 7.75. The normalized spacial score (nSPS) is 10.7. The van der Waals surface area contributed by atoms with Gasteiger partial charge in [-0.1, -0.05) is 25.4 Å². The summed E-state index contributed by atoms with van der Waals surface area (Å²) in [6, 6.07) is 4.10. The van der Waals surface area contributed by atoms with Gasteiger partial charge in [0.2, 0.25) is 11.8 Å². The van der Waals surface area contributed by atoms with E-state index in [-0.39, 0.29) is 35.5 Å².